The Labute approximate surface area is 69.1 Å². The van der Waals surface area contributed by atoms with Gasteiger partial charge in [-0.25, -0.2) is 0 Å². The van der Waals surface area contributed by atoms with Crippen LogP contribution in [0.1, 0.15) is 13.3 Å². The monoisotopic (exact) mass is 169 g/mol. The fourth-order valence-electron chi connectivity index (χ4n) is 0.142. The summed E-state index contributed by atoms with van der Waals surface area (Å²) in [5.41, 5.74) is 4.54. The summed E-state index contributed by atoms with van der Waals surface area (Å²) in [6, 6.07) is 1.59. The first-order valence-corrected chi connectivity index (χ1v) is 2.76. The third kappa shape index (κ3) is 24.7. The molecule has 6 heteroatoms. The first kappa shape index (κ1) is 12.6. The molecule has 0 rings (SSSR count). The van der Waals surface area contributed by atoms with Gasteiger partial charge in [0, 0.05) is 6.92 Å². The number of carbonyl (C=O) groups is 2. The van der Waals surface area contributed by atoms with Gasteiger partial charge in [-0.3, -0.25) is 9.59 Å². The van der Waals surface area contributed by atoms with Crippen molar-refractivity contribution >= 4 is 11.9 Å². The molecule has 0 bridgehead atoms. The third-order valence-corrected chi connectivity index (χ3v) is 0.443. The Kier molecular flexibility index (Phi) is 9.35. The lowest BCUT2D eigenvalue weighted by Crippen LogP contribution is -2.07. The van der Waals surface area contributed by atoms with Crippen molar-refractivity contribution in [2.45, 2.75) is 13.3 Å². The highest BCUT2D eigenvalue weighted by atomic mass is 16.5. The average molecular weight is 169 g/mol. The molecule has 6 nitrogen and oxygen atoms in total. The van der Waals surface area contributed by atoms with Gasteiger partial charge in [-0.05, 0) is 0 Å². The number of ether oxygens (including phenoxy) is 1. The average Bonchev–Trinajstić information content (AvgIpc) is 1.87. The molecule has 0 atom stereocenters. The maximum Gasteiger partial charge on any atom is 0.318 e. The number of primary amides is 1. The zero-order valence-corrected chi connectivity index (χ0v) is 6.40. The molecule has 0 radical (unpaired) electrons. The summed E-state index contributed by atoms with van der Waals surface area (Å²) in [5.74, 6) is -1.14. The summed E-state index contributed by atoms with van der Waals surface area (Å²) in [4.78, 5) is 19.2. The van der Waals surface area contributed by atoms with Gasteiger partial charge in [-0.2, -0.15) is 5.26 Å². The number of nitrogens with two attached hydrogens (primary N) is 1. The molecule has 1 amide bonds. The minimum absolute atomic E-state index is 0.181. The van der Waals surface area contributed by atoms with Gasteiger partial charge in [0.2, 0.25) is 5.91 Å². The van der Waals surface area contributed by atoms with Crippen molar-refractivity contribution in [3.63, 3.8) is 0 Å². The predicted molar refractivity (Wildman–Crippen MR) is 36.8 cm³/mol. The summed E-state index contributed by atoms with van der Waals surface area (Å²) >= 11 is 0. The van der Waals surface area contributed by atoms with Crippen molar-refractivity contribution in [1.82, 2.24) is 0 Å². The van der Waals surface area contributed by atoms with E-state index in [0.29, 0.717) is 0 Å². The van der Waals surface area contributed by atoms with E-state index >= 15 is 0 Å². The Morgan fingerprint density at radius 2 is 2.00 bits per heavy atom. The predicted octanol–water partition coefficient (Wildman–Crippen LogP) is -0.584. The van der Waals surface area contributed by atoms with Crippen molar-refractivity contribution in [2.75, 3.05) is 0 Å². The fourth-order valence-corrected chi connectivity index (χ4v) is 0.142. The lowest BCUT2D eigenvalue weighted by atomic mass is 10.5. The van der Waals surface area contributed by atoms with E-state index in [-0.39, 0.29) is 6.42 Å². The zero-order chi connectivity index (χ0) is 9.98. The second-order valence-electron chi connectivity index (χ2n) is 1.49. The molecule has 0 aliphatic heterocycles. The third-order valence-electron chi connectivity index (χ3n) is 0.443. The van der Waals surface area contributed by atoms with Crippen LogP contribution in [0.25, 0.3) is 0 Å². The summed E-state index contributed by atoms with van der Waals surface area (Å²) in [6.45, 7) is 1.17. The molecule has 0 spiro atoms. The van der Waals surface area contributed by atoms with Crippen molar-refractivity contribution in [3.8, 4) is 12.3 Å². The second kappa shape index (κ2) is 8.92. The molecule has 64 valence electrons. The van der Waals surface area contributed by atoms with E-state index < -0.39 is 11.9 Å². The van der Waals surface area contributed by atoms with Gasteiger partial charge in [0.25, 0.3) is 6.26 Å². The topological polar surface area (TPSA) is 117 Å². The lowest BCUT2D eigenvalue weighted by molar-refractivity contribution is -0.134. The van der Waals surface area contributed by atoms with E-state index in [4.69, 9.17) is 10.5 Å². The summed E-state index contributed by atoms with van der Waals surface area (Å²) in [5, 5.41) is 15.2. The maximum atomic E-state index is 9.60. The number of hydrogen-bond acceptors (Lipinski definition) is 5. The van der Waals surface area contributed by atoms with Gasteiger partial charge in [-0.1, -0.05) is 0 Å². The second-order valence-corrected chi connectivity index (χ2v) is 1.49. The molecule has 12 heavy (non-hydrogen) atoms. The van der Waals surface area contributed by atoms with Crippen molar-refractivity contribution < 1.29 is 14.3 Å². The standard InChI is InChI=1S/C3H4N2O.C3H3NO2/c4-2-1-3(5)6;1-3(5)6-2-4/h1H2,(H2,5,6);1H3. The van der Waals surface area contributed by atoms with Crippen molar-refractivity contribution in [3.05, 3.63) is 0 Å². The molecule has 0 saturated heterocycles. The molecule has 0 unspecified atom stereocenters. The number of carbonyl (C=O) groups excluding carboxylic acids is 2. The highest BCUT2D eigenvalue weighted by molar-refractivity contribution is 5.75. The molecule has 2 N–H and O–H groups in total. The van der Waals surface area contributed by atoms with Crippen LogP contribution in [0, 0.1) is 22.8 Å². The molecule has 0 fully saturated rings. The van der Waals surface area contributed by atoms with Crippen molar-refractivity contribution in [2.24, 2.45) is 5.73 Å². The molecule has 0 aromatic heterocycles. The van der Waals surface area contributed by atoms with Gasteiger partial charge in [0.15, 0.2) is 0 Å². The Hall–Kier alpha value is -2.08. The molecular formula is C6H7N3O3. The van der Waals surface area contributed by atoms with Gasteiger partial charge in [0.1, 0.15) is 6.42 Å². The van der Waals surface area contributed by atoms with Gasteiger partial charge < -0.3 is 10.5 Å². The van der Waals surface area contributed by atoms with E-state index in [2.05, 4.69) is 10.5 Å². The van der Waals surface area contributed by atoms with Crippen LogP contribution in [0.2, 0.25) is 0 Å². The maximum absolute atomic E-state index is 9.60. The Bertz CT molecular complexity index is 209. The highest BCUT2D eigenvalue weighted by Gasteiger charge is 1.84. The SMILES string of the molecule is CC(=O)OC#N.N#CCC(N)=O. The summed E-state index contributed by atoms with van der Waals surface area (Å²) in [6.07, 6.45) is 1.04. The normalized spacial score (nSPS) is 6.25. The van der Waals surface area contributed by atoms with E-state index in [9.17, 15) is 9.59 Å². The van der Waals surface area contributed by atoms with E-state index in [1.54, 1.807) is 6.07 Å². The van der Waals surface area contributed by atoms with Crippen LogP contribution >= 0.6 is 0 Å². The number of esters is 1. The minimum atomic E-state index is -0.572. The Morgan fingerprint density at radius 3 is 2.00 bits per heavy atom. The molecule has 0 aliphatic carbocycles. The Balaban J connectivity index is 0. The van der Waals surface area contributed by atoms with Crippen LogP contribution in [0.5, 0.6) is 0 Å². The molecular weight excluding hydrogens is 162 g/mol. The van der Waals surface area contributed by atoms with Crippen LogP contribution in [-0.4, -0.2) is 11.9 Å². The smallest absolute Gasteiger partial charge is 0.318 e. The van der Waals surface area contributed by atoms with E-state index in [1.807, 2.05) is 0 Å². The summed E-state index contributed by atoms with van der Waals surface area (Å²) in [7, 11) is 0. The van der Waals surface area contributed by atoms with E-state index in [1.165, 1.54) is 13.2 Å². The first-order valence-electron chi connectivity index (χ1n) is 2.76. The highest BCUT2D eigenvalue weighted by Crippen LogP contribution is 1.65. The van der Waals surface area contributed by atoms with E-state index in [0.717, 1.165) is 0 Å². The van der Waals surface area contributed by atoms with Crippen LogP contribution < -0.4 is 5.73 Å². The summed E-state index contributed by atoms with van der Waals surface area (Å²) < 4.78 is 3.71. The Morgan fingerprint density at radius 1 is 1.50 bits per heavy atom. The van der Waals surface area contributed by atoms with Gasteiger partial charge >= 0.3 is 5.97 Å². The minimum Gasteiger partial charge on any atom is -0.369 e. The van der Waals surface area contributed by atoms with Crippen LogP contribution in [-0.2, 0) is 14.3 Å². The van der Waals surface area contributed by atoms with Crippen LogP contribution in [0.15, 0.2) is 0 Å². The van der Waals surface area contributed by atoms with Gasteiger partial charge in [-0.15, -0.1) is 5.26 Å². The number of nitrogens with zero attached hydrogens (tertiary/aromatic N) is 2. The van der Waals surface area contributed by atoms with Crippen LogP contribution in [0.4, 0.5) is 0 Å². The molecule has 0 aliphatic rings. The molecule has 0 aromatic rings. The van der Waals surface area contributed by atoms with Gasteiger partial charge in [0.05, 0.1) is 6.07 Å². The number of nitriles is 2. The number of rotatable bonds is 1. The largest absolute Gasteiger partial charge is 0.369 e. The quantitative estimate of drug-likeness (QED) is 0.416. The molecule has 0 heterocycles. The first-order chi connectivity index (χ1) is 5.54. The molecule has 0 saturated carbocycles. The fraction of sp³-hybridized carbons (Fsp3) is 0.333. The zero-order valence-electron chi connectivity index (χ0n) is 6.40. The number of amides is 1. The molecule has 0 aromatic carbocycles. The van der Waals surface area contributed by atoms with Crippen molar-refractivity contribution in [1.29, 1.82) is 10.5 Å². The number of hydrogen-bond donors (Lipinski definition) is 1. The lowest BCUT2D eigenvalue weighted by Gasteiger charge is -1.75. The van der Waals surface area contributed by atoms with Crippen LogP contribution in [0.3, 0.4) is 0 Å².